The van der Waals surface area contributed by atoms with Crippen molar-refractivity contribution in [1.29, 1.82) is 0 Å². The van der Waals surface area contributed by atoms with Gasteiger partial charge in [0.05, 0.1) is 17.1 Å². The predicted molar refractivity (Wildman–Crippen MR) is 79.1 cm³/mol. The number of aryl methyl sites for hydroxylation is 1. The highest BCUT2D eigenvalue weighted by Gasteiger charge is 2.16. The Morgan fingerprint density at radius 2 is 1.95 bits per heavy atom. The van der Waals surface area contributed by atoms with Crippen molar-refractivity contribution in [3.8, 4) is 0 Å². The molecule has 1 heterocycles. The van der Waals surface area contributed by atoms with Gasteiger partial charge in [0.2, 0.25) is 5.95 Å². The molecule has 1 aromatic heterocycles. The van der Waals surface area contributed by atoms with Crippen LogP contribution in [0.1, 0.15) is 24.1 Å². The highest BCUT2D eigenvalue weighted by Crippen LogP contribution is 2.28. The first kappa shape index (κ1) is 12.7. The van der Waals surface area contributed by atoms with Crippen molar-refractivity contribution < 1.29 is 4.39 Å². The fourth-order valence-electron chi connectivity index (χ4n) is 2.60. The van der Waals surface area contributed by atoms with Crippen molar-refractivity contribution in [2.24, 2.45) is 0 Å². The monoisotopic (exact) mass is 269 g/mol. The second kappa shape index (κ2) is 4.63. The lowest BCUT2D eigenvalue weighted by Crippen LogP contribution is -2.10. The van der Waals surface area contributed by atoms with E-state index in [0.29, 0.717) is 5.95 Å². The third-order valence-corrected chi connectivity index (χ3v) is 3.67. The van der Waals surface area contributed by atoms with Crippen molar-refractivity contribution in [2.45, 2.75) is 19.9 Å². The van der Waals surface area contributed by atoms with Crippen LogP contribution in [0.2, 0.25) is 0 Å². The Morgan fingerprint density at radius 3 is 2.70 bits per heavy atom. The van der Waals surface area contributed by atoms with Crippen LogP contribution in [0.3, 0.4) is 0 Å². The number of hydrogen-bond donors (Lipinski definition) is 1. The molecule has 0 radical (unpaired) electrons. The number of nitrogens with zero attached hydrogens (tertiary/aromatic N) is 2. The summed E-state index contributed by atoms with van der Waals surface area (Å²) in [6.07, 6.45) is 0. The number of imidazole rings is 1. The minimum atomic E-state index is -0.242. The lowest BCUT2D eigenvalue weighted by Gasteiger charge is -2.16. The van der Waals surface area contributed by atoms with Crippen LogP contribution in [0.5, 0.6) is 0 Å². The molecule has 2 aromatic carbocycles. The van der Waals surface area contributed by atoms with Gasteiger partial charge in [-0.3, -0.25) is 0 Å². The molecule has 0 bridgehead atoms. The van der Waals surface area contributed by atoms with Gasteiger partial charge >= 0.3 is 0 Å². The molecule has 3 nitrogen and oxygen atoms in total. The Balaban J connectivity index is 2.19. The van der Waals surface area contributed by atoms with Crippen LogP contribution in [0.25, 0.3) is 11.0 Å². The molecule has 4 heteroatoms. The van der Waals surface area contributed by atoms with E-state index in [1.807, 2.05) is 42.7 Å². The standard InChI is InChI=1S/C16H16FN3/c1-10-5-3-8-14-15(10)19-16(18)20(14)11(2)12-6-4-7-13(17)9-12/h3-9,11H,1-2H3,(H2,18,19). The maximum Gasteiger partial charge on any atom is 0.201 e. The molecule has 0 aliphatic carbocycles. The molecule has 0 saturated carbocycles. The molecule has 2 N–H and O–H groups in total. The van der Waals surface area contributed by atoms with Gasteiger partial charge in [-0.25, -0.2) is 9.37 Å². The summed E-state index contributed by atoms with van der Waals surface area (Å²) in [7, 11) is 0. The maximum absolute atomic E-state index is 13.4. The van der Waals surface area contributed by atoms with Gasteiger partial charge in [0.1, 0.15) is 5.82 Å². The predicted octanol–water partition coefficient (Wildman–Crippen LogP) is 3.68. The molecule has 0 saturated heterocycles. The summed E-state index contributed by atoms with van der Waals surface area (Å²) < 4.78 is 15.3. The van der Waals surface area contributed by atoms with Gasteiger partial charge in [-0.15, -0.1) is 0 Å². The van der Waals surface area contributed by atoms with Gasteiger partial charge < -0.3 is 10.3 Å². The zero-order valence-corrected chi connectivity index (χ0v) is 11.5. The van der Waals surface area contributed by atoms with Crippen molar-refractivity contribution in [3.63, 3.8) is 0 Å². The Bertz CT molecular complexity index is 776. The first-order chi connectivity index (χ1) is 9.58. The number of hydrogen-bond acceptors (Lipinski definition) is 2. The molecular formula is C16H16FN3. The fraction of sp³-hybridized carbons (Fsp3) is 0.188. The summed E-state index contributed by atoms with van der Waals surface area (Å²) >= 11 is 0. The number of nitrogens with two attached hydrogens (primary N) is 1. The lowest BCUT2D eigenvalue weighted by atomic mass is 10.1. The average Bonchev–Trinajstić information content (AvgIpc) is 2.76. The molecular weight excluding hydrogens is 253 g/mol. The SMILES string of the molecule is Cc1cccc2c1nc(N)n2C(C)c1cccc(F)c1. The highest BCUT2D eigenvalue weighted by atomic mass is 19.1. The van der Waals surface area contributed by atoms with Gasteiger partial charge in [0.25, 0.3) is 0 Å². The van der Waals surface area contributed by atoms with E-state index in [0.717, 1.165) is 22.2 Å². The van der Waals surface area contributed by atoms with Crippen molar-refractivity contribution in [3.05, 3.63) is 59.4 Å². The van der Waals surface area contributed by atoms with Gasteiger partial charge in [0.15, 0.2) is 0 Å². The highest BCUT2D eigenvalue weighted by molar-refractivity contribution is 5.81. The van der Waals surface area contributed by atoms with Gasteiger partial charge in [0, 0.05) is 0 Å². The summed E-state index contributed by atoms with van der Waals surface area (Å²) in [4.78, 5) is 4.43. The van der Waals surface area contributed by atoms with E-state index >= 15 is 0 Å². The van der Waals surface area contributed by atoms with Crippen LogP contribution in [-0.2, 0) is 0 Å². The number of aromatic nitrogens is 2. The topological polar surface area (TPSA) is 43.8 Å². The second-order valence-corrected chi connectivity index (χ2v) is 5.01. The van der Waals surface area contributed by atoms with Crippen LogP contribution in [-0.4, -0.2) is 9.55 Å². The van der Waals surface area contributed by atoms with E-state index in [9.17, 15) is 4.39 Å². The zero-order valence-electron chi connectivity index (χ0n) is 11.5. The van der Waals surface area contributed by atoms with Crippen LogP contribution >= 0.6 is 0 Å². The number of halogens is 1. The molecule has 1 unspecified atom stereocenters. The van der Waals surface area contributed by atoms with E-state index < -0.39 is 0 Å². The van der Waals surface area contributed by atoms with Crippen molar-refractivity contribution in [2.75, 3.05) is 5.73 Å². The normalized spacial score (nSPS) is 12.8. The Morgan fingerprint density at radius 1 is 1.20 bits per heavy atom. The summed E-state index contributed by atoms with van der Waals surface area (Å²) in [6, 6.07) is 12.5. The van der Waals surface area contributed by atoms with Crippen LogP contribution in [0, 0.1) is 12.7 Å². The van der Waals surface area contributed by atoms with Crippen molar-refractivity contribution in [1.82, 2.24) is 9.55 Å². The van der Waals surface area contributed by atoms with Gasteiger partial charge in [-0.2, -0.15) is 0 Å². The Hall–Kier alpha value is -2.36. The molecule has 0 amide bonds. The number of benzene rings is 2. The number of rotatable bonds is 2. The van der Waals surface area contributed by atoms with Crippen LogP contribution in [0.15, 0.2) is 42.5 Å². The van der Waals surface area contributed by atoms with Crippen LogP contribution < -0.4 is 5.73 Å². The molecule has 3 aromatic rings. The number of fused-ring (bicyclic) bond motifs is 1. The van der Waals surface area contributed by atoms with Gasteiger partial charge in [-0.05, 0) is 43.2 Å². The Kier molecular flexibility index (Phi) is 2.93. The molecule has 0 fully saturated rings. The van der Waals surface area contributed by atoms with E-state index in [4.69, 9.17) is 5.73 Å². The average molecular weight is 269 g/mol. The van der Waals surface area contributed by atoms with E-state index in [1.54, 1.807) is 6.07 Å². The zero-order chi connectivity index (χ0) is 14.3. The number of para-hydroxylation sites is 1. The summed E-state index contributed by atoms with van der Waals surface area (Å²) in [5, 5.41) is 0. The molecule has 0 aliphatic heterocycles. The molecule has 3 rings (SSSR count). The number of anilines is 1. The summed E-state index contributed by atoms with van der Waals surface area (Å²) in [6.45, 7) is 4.00. The quantitative estimate of drug-likeness (QED) is 0.771. The third-order valence-electron chi connectivity index (χ3n) is 3.67. The lowest BCUT2D eigenvalue weighted by molar-refractivity contribution is 0.612. The van der Waals surface area contributed by atoms with Gasteiger partial charge in [-0.1, -0.05) is 24.3 Å². The smallest absolute Gasteiger partial charge is 0.201 e. The van der Waals surface area contributed by atoms with Crippen LogP contribution in [0.4, 0.5) is 10.3 Å². The van der Waals surface area contributed by atoms with E-state index in [1.165, 1.54) is 12.1 Å². The fourth-order valence-corrected chi connectivity index (χ4v) is 2.60. The minimum Gasteiger partial charge on any atom is -0.369 e. The third kappa shape index (κ3) is 1.93. The Labute approximate surface area is 116 Å². The largest absolute Gasteiger partial charge is 0.369 e. The molecule has 0 aliphatic rings. The number of nitrogen functional groups attached to an aromatic ring is 1. The first-order valence-electron chi connectivity index (χ1n) is 6.56. The first-order valence-corrected chi connectivity index (χ1v) is 6.56. The molecule has 0 spiro atoms. The van der Waals surface area contributed by atoms with Crippen molar-refractivity contribution >= 4 is 17.0 Å². The molecule has 1 atom stereocenters. The summed E-state index contributed by atoms with van der Waals surface area (Å²) in [5.41, 5.74) is 9.88. The van der Waals surface area contributed by atoms with E-state index in [-0.39, 0.29) is 11.9 Å². The van der Waals surface area contributed by atoms with E-state index in [2.05, 4.69) is 4.98 Å². The summed E-state index contributed by atoms with van der Waals surface area (Å²) in [5.74, 6) is 0.208. The second-order valence-electron chi connectivity index (χ2n) is 5.01. The molecule has 20 heavy (non-hydrogen) atoms. The maximum atomic E-state index is 13.4. The molecule has 102 valence electrons. The minimum absolute atomic E-state index is 0.0718.